The van der Waals surface area contributed by atoms with Crippen molar-refractivity contribution in [2.24, 2.45) is 0 Å². The number of hydrogen-bond donors (Lipinski definition) is 1. The van der Waals surface area contributed by atoms with Crippen molar-refractivity contribution in [3.8, 4) is 11.5 Å². The second kappa shape index (κ2) is 8.81. The normalized spacial score (nSPS) is 15.0. The Labute approximate surface area is 170 Å². The number of amides is 1. The van der Waals surface area contributed by atoms with E-state index in [1.165, 1.54) is 24.6 Å². The minimum absolute atomic E-state index is 0.115. The van der Waals surface area contributed by atoms with Crippen molar-refractivity contribution >= 4 is 21.6 Å². The second-order valence-electron chi connectivity index (χ2n) is 6.52. The smallest absolute Gasteiger partial charge is 0.255 e. The Morgan fingerprint density at radius 3 is 2.45 bits per heavy atom. The van der Waals surface area contributed by atoms with Gasteiger partial charge in [0.25, 0.3) is 5.91 Å². The zero-order valence-corrected chi connectivity index (χ0v) is 17.4. The van der Waals surface area contributed by atoms with Gasteiger partial charge in [0.1, 0.15) is 11.5 Å². The molecule has 1 saturated heterocycles. The lowest BCUT2D eigenvalue weighted by molar-refractivity contribution is 0.0730. The summed E-state index contributed by atoms with van der Waals surface area (Å²) in [5, 5.41) is 2.76. The summed E-state index contributed by atoms with van der Waals surface area (Å²) in [6.45, 7) is 3.00. The molecule has 0 radical (unpaired) electrons. The van der Waals surface area contributed by atoms with E-state index < -0.39 is 15.9 Å². The van der Waals surface area contributed by atoms with Gasteiger partial charge in [-0.25, -0.2) is 8.42 Å². The quantitative estimate of drug-likeness (QED) is 0.771. The lowest BCUT2D eigenvalue weighted by Crippen LogP contribution is -2.40. The molecule has 0 aromatic heterocycles. The van der Waals surface area contributed by atoms with E-state index in [0.717, 1.165) is 0 Å². The molecular weight excluding hydrogens is 396 g/mol. The third-order valence-electron chi connectivity index (χ3n) is 4.69. The maximum Gasteiger partial charge on any atom is 0.255 e. The van der Waals surface area contributed by atoms with E-state index in [-0.39, 0.29) is 10.5 Å². The van der Waals surface area contributed by atoms with Crippen LogP contribution in [0.2, 0.25) is 0 Å². The van der Waals surface area contributed by atoms with Crippen LogP contribution in [0.3, 0.4) is 0 Å². The first kappa shape index (κ1) is 21.1. The Balaban J connectivity index is 1.90. The predicted octanol–water partition coefficient (Wildman–Crippen LogP) is 2.29. The summed E-state index contributed by atoms with van der Waals surface area (Å²) in [6.07, 6.45) is 0. The monoisotopic (exact) mass is 420 g/mol. The summed E-state index contributed by atoms with van der Waals surface area (Å²) in [4.78, 5) is 12.9. The number of hydrogen-bond acceptors (Lipinski definition) is 6. The molecule has 156 valence electrons. The van der Waals surface area contributed by atoms with Gasteiger partial charge in [-0.2, -0.15) is 4.31 Å². The second-order valence-corrected chi connectivity index (χ2v) is 8.42. The van der Waals surface area contributed by atoms with E-state index in [1.54, 1.807) is 37.3 Å². The van der Waals surface area contributed by atoms with Crippen molar-refractivity contribution in [2.75, 3.05) is 45.8 Å². The van der Waals surface area contributed by atoms with Crippen LogP contribution in [0.15, 0.2) is 41.3 Å². The highest BCUT2D eigenvalue weighted by molar-refractivity contribution is 7.89. The van der Waals surface area contributed by atoms with Gasteiger partial charge < -0.3 is 19.5 Å². The summed E-state index contributed by atoms with van der Waals surface area (Å²) in [7, 11) is -0.696. The van der Waals surface area contributed by atoms with Crippen LogP contribution in [0.1, 0.15) is 15.9 Å². The fraction of sp³-hybridized carbons (Fsp3) is 0.350. The Bertz CT molecular complexity index is 1000. The molecule has 1 N–H and O–H groups in total. The zero-order chi connectivity index (χ0) is 21.0. The summed E-state index contributed by atoms with van der Waals surface area (Å²) in [6, 6.07) is 9.66. The minimum Gasteiger partial charge on any atom is -0.497 e. The fourth-order valence-electron chi connectivity index (χ4n) is 3.05. The van der Waals surface area contributed by atoms with E-state index in [9.17, 15) is 13.2 Å². The summed E-state index contributed by atoms with van der Waals surface area (Å²) in [5.74, 6) is 0.572. The minimum atomic E-state index is -3.72. The molecule has 3 rings (SSSR count). The van der Waals surface area contributed by atoms with Gasteiger partial charge in [-0.1, -0.05) is 6.07 Å². The predicted molar refractivity (Wildman–Crippen MR) is 108 cm³/mol. The lowest BCUT2D eigenvalue weighted by Gasteiger charge is -2.26. The highest BCUT2D eigenvalue weighted by Gasteiger charge is 2.28. The van der Waals surface area contributed by atoms with Crippen molar-refractivity contribution in [1.82, 2.24) is 4.31 Å². The van der Waals surface area contributed by atoms with Crippen molar-refractivity contribution in [3.63, 3.8) is 0 Å². The van der Waals surface area contributed by atoms with Crippen LogP contribution in [-0.2, 0) is 14.8 Å². The highest BCUT2D eigenvalue weighted by atomic mass is 32.2. The molecular formula is C20H24N2O6S. The highest BCUT2D eigenvalue weighted by Crippen LogP contribution is 2.30. The van der Waals surface area contributed by atoms with E-state index in [0.29, 0.717) is 49.1 Å². The van der Waals surface area contributed by atoms with Crippen LogP contribution in [0.25, 0.3) is 0 Å². The molecule has 1 aliphatic rings. The van der Waals surface area contributed by atoms with Gasteiger partial charge in [0.15, 0.2) is 0 Å². The summed E-state index contributed by atoms with van der Waals surface area (Å²) >= 11 is 0. The summed E-state index contributed by atoms with van der Waals surface area (Å²) in [5.41, 5.74) is 1.23. The van der Waals surface area contributed by atoms with Crippen LogP contribution >= 0.6 is 0 Å². The average molecular weight is 420 g/mol. The molecule has 1 heterocycles. The topological polar surface area (TPSA) is 94.2 Å². The third-order valence-corrected chi connectivity index (χ3v) is 6.73. The molecule has 2 aromatic rings. The van der Waals surface area contributed by atoms with Crippen LogP contribution in [0.5, 0.6) is 11.5 Å². The van der Waals surface area contributed by atoms with Gasteiger partial charge >= 0.3 is 0 Å². The lowest BCUT2D eigenvalue weighted by atomic mass is 10.1. The first-order chi connectivity index (χ1) is 13.9. The van der Waals surface area contributed by atoms with E-state index in [1.807, 2.05) is 0 Å². The number of sulfonamides is 1. The molecule has 1 fully saturated rings. The van der Waals surface area contributed by atoms with Crippen molar-refractivity contribution in [3.05, 3.63) is 47.5 Å². The van der Waals surface area contributed by atoms with Crippen LogP contribution in [0.4, 0.5) is 5.69 Å². The number of nitrogens with one attached hydrogen (secondary N) is 1. The van der Waals surface area contributed by atoms with Gasteiger partial charge in [-0.05, 0) is 36.8 Å². The molecule has 0 atom stereocenters. The molecule has 0 bridgehead atoms. The number of nitrogens with zero attached hydrogens (tertiary/aromatic N) is 1. The number of carbonyl (C=O) groups excluding carboxylic acids is 1. The van der Waals surface area contributed by atoms with Crippen molar-refractivity contribution in [2.45, 2.75) is 11.8 Å². The van der Waals surface area contributed by atoms with Gasteiger partial charge in [0.05, 0.1) is 38.0 Å². The first-order valence-electron chi connectivity index (χ1n) is 9.08. The number of carbonyl (C=O) groups is 1. The number of methoxy groups -OCH3 is 2. The van der Waals surface area contributed by atoms with Crippen molar-refractivity contribution < 1.29 is 27.4 Å². The number of benzene rings is 2. The van der Waals surface area contributed by atoms with E-state index >= 15 is 0 Å². The number of rotatable bonds is 6. The van der Waals surface area contributed by atoms with Gasteiger partial charge in [-0.15, -0.1) is 0 Å². The number of morpholine rings is 1. The van der Waals surface area contributed by atoms with Gasteiger partial charge in [0, 0.05) is 24.7 Å². The molecule has 8 nitrogen and oxygen atoms in total. The standard InChI is InChI=1S/C20H24N2O6S/c1-14-4-5-15(12-19(14)29(24,25)22-8-10-28-11-9-22)20(23)21-17-13-16(26-2)6-7-18(17)27-3/h4-7,12-13H,8-11H2,1-3H3,(H,21,23). The Morgan fingerprint density at radius 2 is 1.79 bits per heavy atom. The maximum absolute atomic E-state index is 13.0. The van der Waals surface area contributed by atoms with Crippen LogP contribution in [0, 0.1) is 6.92 Å². The first-order valence-corrected chi connectivity index (χ1v) is 10.5. The third kappa shape index (κ3) is 4.52. The average Bonchev–Trinajstić information content (AvgIpc) is 2.74. The Hall–Kier alpha value is -2.62. The Kier molecular flexibility index (Phi) is 6.41. The fourth-order valence-corrected chi connectivity index (χ4v) is 4.71. The molecule has 0 aliphatic carbocycles. The molecule has 1 aliphatic heterocycles. The molecule has 0 spiro atoms. The van der Waals surface area contributed by atoms with Crippen LogP contribution < -0.4 is 14.8 Å². The number of anilines is 1. The molecule has 29 heavy (non-hydrogen) atoms. The van der Waals surface area contributed by atoms with E-state index in [2.05, 4.69) is 5.32 Å². The molecule has 2 aromatic carbocycles. The Morgan fingerprint density at radius 1 is 1.07 bits per heavy atom. The van der Waals surface area contributed by atoms with Gasteiger partial charge in [0.2, 0.25) is 10.0 Å². The maximum atomic E-state index is 13.0. The number of aryl methyl sites for hydroxylation is 1. The molecule has 0 saturated carbocycles. The van der Waals surface area contributed by atoms with Crippen molar-refractivity contribution in [1.29, 1.82) is 0 Å². The molecule has 1 amide bonds. The largest absolute Gasteiger partial charge is 0.497 e. The zero-order valence-electron chi connectivity index (χ0n) is 16.6. The van der Waals surface area contributed by atoms with E-state index in [4.69, 9.17) is 14.2 Å². The SMILES string of the molecule is COc1ccc(OC)c(NC(=O)c2ccc(C)c(S(=O)(=O)N3CCOCC3)c2)c1. The summed E-state index contributed by atoms with van der Waals surface area (Å²) < 4.78 is 43.1. The molecule has 0 unspecified atom stereocenters. The van der Waals surface area contributed by atoms with Gasteiger partial charge in [-0.3, -0.25) is 4.79 Å². The molecule has 9 heteroatoms. The number of ether oxygens (including phenoxy) is 3. The van der Waals surface area contributed by atoms with Crippen LogP contribution in [-0.4, -0.2) is 59.2 Å².